The van der Waals surface area contributed by atoms with Gasteiger partial charge in [-0.05, 0) is 25.5 Å². The molecule has 21 heavy (non-hydrogen) atoms. The molecule has 0 bridgehead atoms. The van der Waals surface area contributed by atoms with Gasteiger partial charge in [-0.25, -0.2) is 23.1 Å². The maximum atomic E-state index is 12.1. The van der Waals surface area contributed by atoms with Crippen LogP contribution < -0.4 is 10.0 Å². The molecule has 0 saturated carbocycles. The standard InChI is InChI=1S/C13H18N4O2S2/c1-3-6-14-12-5-4-11(8-15-12)21(18,19)17-9-13-16-7-10(2)20-13/h4-5,7-8,17H,3,6,9H2,1-2H3,(H,14,15). The van der Waals surface area contributed by atoms with Gasteiger partial charge in [-0.1, -0.05) is 6.92 Å². The molecule has 0 unspecified atom stereocenters. The van der Waals surface area contributed by atoms with Crippen LogP contribution in [0.25, 0.3) is 0 Å². The number of pyridine rings is 1. The number of hydrogen-bond donors (Lipinski definition) is 2. The Balaban J connectivity index is 2.01. The summed E-state index contributed by atoms with van der Waals surface area (Å²) in [5.74, 6) is 0.673. The highest BCUT2D eigenvalue weighted by atomic mass is 32.2. The third kappa shape index (κ3) is 4.48. The third-order valence-corrected chi connectivity index (χ3v) is 4.98. The van der Waals surface area contributed by atoms with E-state index in [0.717, 1.165) is 22.9 Å². The van der Waals surface area contributed by atoms with Gasteiger partial charge in [-0.15, -0.1) is 11.3 Å². The molecule has 2 N–H and O–H groups in total. The SMILES string of the molecule is CCCNc1ccc(S(=O)(=O)NCc2ncc(C)s2)cn1. The van der Waals surface area contributed by atoms with Crippen LogP contribution in [-0.2, 0) is 16.6 Å². The number of thiazole rings is 1. The lowest BCUT2D eigenvalue weighted by Gasteiger charge is -2.07. The molecule has 0 radical (unpaired) electrons. The molecule has 0 saturated heterocycles. The Morgan fingerprint density at radius 2 is 2.05 bits per heavy atom. The lowest BCUT2D eigenvalue weighted by Crippen LogP contribution is -2.23. The zero-order chi connectivity index (χ0) is 15.3. The van der Waals surface area contributed by atoms with Crippen molar-refractivity contribution in [3.63, 3.8) is 0 Å². The van der Waals surface area contributed by atoms with Crippen LogP contribution in [0.5, 0.6) is 0 Å². The summed E-state index contributed by atoms with van der Waals surface area (Å²) in [6.45, 7) is 4.98. The number of rotatable bonds is 7. The summed E-state index contributed by atoms with van der Waals surface area (Å²) in [6, 6.07) is 3.21. The third-order valence-electron chi connectivity index (χ3n) is 2.69. The fourth-order valence-corrected chi connectivity index (χ4v) is 3.37. The lowest BCUT2D eigenvalue weighted by atomic mass is 10.4. The molecule has 0 aromatic carbocycles. The molecular formula is C13H18N4O2S2. The summed E-state index contributed by atoms with van der Waals surface area (Å²) in [7, 11) is -3.56. The molecule has 2 aromatic rings. The Hall–Kier alpha value is -1.51. The quantitative estimate of drug-likeness (QED) is 0.814. The van der Waals surface area contributed by atoms with Gasteiger partial charge in [0.05, 0.1) is 6.54 Å². The summed E-state index contributed by atoms with van der Waals surface area (Å²) < 4.78 is 26.8. The smallest absolute Gasteiger partial charge is 0.242 e. The second kappa shape index (κ2) is 6.97. The Kier molecular flexibility index (Phi) is 5.27. The van der Waals surface area contributed by atoms with E-state index in [1.54, 1.807) is 18.3 Å². The normalized spacial score (nSPS) is 11.5. The van der Waals surface area contributed by atoms with E-state index in [4.69, 9.17) is 0 Å². The van der Waals surface area contributed by atoms with Gasteiger partial charge in [0, 0.05) is 23.8 Å². The molecule has 0 aliphatic carbocycles. The topological polar surface area (TPSA) is 84.0 Å². The van der Waals surface area contributed by atoms with Crippen LogP contribution in [-0.4, -0.2) is 24.9 Å². The first-order valence-electron chi connectivity index (χ1n) is 6.62. The first-order chi connectivity index (χ1) is 10.0. The zero-order valence-corrected chi connectivity index (χ0v) is 13.6. The van der Waals surface area contributed by atoms with E-state index in [9.17, 15) is 8.42 Å². The number of anilines is 1. The molecule has 2 heterocycles. The van der Waals surface area contributed by atoms with Gasteiger partial charge >= 0.3 is 0 Å². The van der Waals surface area contributed by atoms with Crippen molar-refractivity contribution in [3.05, 3.63) is 34.4 Å². The molecule has 2 rings (SSSR count). The second-order valence-corrected chi connectivity index (χ2v) is 7.58. The largest absolute Gasteiger partial charge is 0.370 e. The molecular weight excluding hydrogens is 308 g/mol. The maximum Gasteiger partial charge on any atom is 0.242 e. The zero-order valence-electron chi connectivity index (χ0n) is 12.0. The Bertz CT molecular complexity index is 680. The summed E-state index contributed by atoms with van der Waals surface area (Å²) in [5, 5.41) is 3.84. The first-order valence-corrected chi connectivity index (χ1v) is 8.92. The van der Waals surface area contributed by atoms with E-state index in [1.165, 1.54) is 17.5 Å². The van der Waals surface area contributed by atoms with Gasteiger partial charge in [-0.3, -0.25) is 0 Å². The van der Waals surface area contributed by atoms with Crippen LogP contribution in [0.4, 0.5) is 5.82 Å². The van der Waals surface area contributed by atoms with Crippen molar-refractivity contribution in [1.29, 1.82) is 0 Å². The molecule has 0 aliphatic rings. The maximum absolute atomic E-state index is 12.1. The van der Waals surface area contributed by atoms with Gasteiger partial charge in [0.1, 0.15) is 15.7 Å². The molecule has 8 heteroatoms. The molecule has 114 valence electrons. The van der Waals surface area contributed by atoms with Crippen LogP contribution in [0.3, 0.4) is 0 Å². The van der Waals surface area contributed by atoms with E-state index in [2.05, 4.69) is 26.9 Å². The number of hydrogen-bond acceptors (Lipinski definition) is 6. The summed E-state index contributed by atoms with van der Waals surface area (Å²) >= 11 is 1.47. The van der Waals surface area contributed by atoms with Crippen LogP contribution in [0.2, 0.25) is 0 Å². The average Bonchev–Trinajstić information content (AvgIpc) is 2.89. The predicted octanol–water partition coefficient (Wildman–Crippen LogP) is 2.15. The number of nitrogens with zero attached hydrogens (tertiary/aromatic N) is 2. The van der Waals surface area contributed by atoms with Crippen LogP contribution >= 0.6 is 11.3 Å². The van der Waals surface area contributed by atoms with Crippen molar-refractivity contribution in [2.75, 3.05) is 11.9 Å². The monoisotopic (exact) mass is 326 g/mol. The van der Waals surface area contributed by atoms with Gasteiger partial charge < -0.3 is 5.32 Å². The molecule has 0 atom stereocenters. The van der Waals surface area contributed by atoms with Crippen LogP contribution in [0, 0.1) is 6.92 Å². The molecule has 0 amide bonds. The summed E-state index contributed by atoms with van der Waals surface area (Å²) in [5.41, 5.74) is 0. The van der Waals surface area contributed by atoms with Crippen molar-refractivity contribution in [2.45, 2.75) is 31.7 Å². The van der Waals surface area contributed by atoms with Crippen molar-refractivity contribution >= 4 is 27.2 Å². The van der Waals surface area contributed by atoms with Crippen molar-refractivity contribution < 1.29 is 8.42 Å². The lowest BCUT2D eigenvalue weighted by molar-refractivity contribution is 0.580. The highest BCUT2D eigenvalue weighted by molar-refractivity contribution is 7.89. The molecule has 2 aromatic heterocycles. The van der Waals surface area contributed by atoms with Crippen molar-refractivity contribution in [3.8, 4) is 0 Å². The Morgan fingerprint density at radius 3 is 2.62 bits per heavy atom. The van der Waals surface area contributed by atoms with Crippen molar-refractivity contribution in [1.82, 2.24) is 14.7 Å². The highest BCUT2D eigenvalue weighted by Gasteiger charge is 2.15. The van der Waals surface area contributed by atoms with Crippen molar-refractivity contribution in [2.24, 2.45) is 0 Å². The average molecular weight is 326 g/mol. The van der Waals surface area contributed by atoms with E-state index in [-0.39, 0.29) is 11.4 Å². The minimum Gasteiger partial charge on any atom is -0.370 e. The van der Waals surface area contributed by atoms with Gasteiger partial charge in [-0.2, -0.15) is 0 Å². The second-order valence-electron chi connectivity index (χ2n) is 4.50. The van der Waals surface area contributed by atoms with Gasteiger partial charge in [0.25, 0.3) is 0 Å². The molecule has 6 nitrogen and oxygen atoms in total. The fraction of sp³-hybridized carbons (Fsp3) is 0.385. The molecule has 0 spiro atoms. The summed E-state index contributed by atoms with van der Waals surface area (Å²) in [6.07, 6.45) is 4.06. The highest BCUT2D eigenvalue weighted by Crippen LogP contribution is 2.14. The predicted molar refractivity (Wildman–Crippen MR) is 83.9 cm³/mol. The van der Waals surface area contributed by atoms with E-state index in [1.807, 2.05) is 6.92 Å². The van der Waals surface area contributed by atoms with E-state index >= 15 is 0 Å². The Morgan fingerprint density at radius 1 is 1.24 bits per heavy atom. The van der Waals surface area contributed by atoms with Gasteiger partial charge in [0.2, 0.25) is 10.0 Å². The molecule has 0 fully saturated rings. The van der Waals surface area contributed by atoms with Crippen LogP contribution in [0.15, 0.2) is 29.4 Å². The molecule has 0 aliphatic heterocycles. The van der Waals surface area contributed by atoms with Crippen LogP contribution in [0.1, 0.15) is 23.2 Å². The fourth-order valence-electron chi connectivity index (χ4n) is 1.62. The summed E-state index contributed by atoms with van der Waals surface area (Å²) in [4.78, 5) is 9.43. The van der Waals surface area contributed by atoms with E-state index in [0.29, 0.717) is 5.82 Å². The van der Waals surface area contributed by atoms with Gasteiger partial charge in [0.15, 0.2) is 0 Å². The minimum atomic E-state index is -3.56. The first kappa shape index (κ1) is 15.9. The number of sulfonamides is 1. The Labute approximate surface area is 128 Å². The number of aromatic nitrogens is 2. The number of nitrogens with one attached hydrogen (secondary N) is 2. The minimum absolute atomic E-state index is 0.151. The van der Waals surface area contributed by atoms with E-state index < -0.39 is 10.0 Å². The number of aryl methyl sites for hydroxylation is 1.